The summed E-state index contributed by atoms with van der Waals surface area (Å²) in [6.07, 6.45) is 8.79. The highest BCUT2D eigenvalue weighted by molar-refractivity contribution is 4.89. The maximum absolute atomic E-state index is 5.94. The maximum Gasteiger partial charge on any atom is 0.105 e. The molecule has 1 aromatic heterocycles. The summed E-state index contributed by atoms with van der Waals surface area (Å²) in [5.74, 6) is 1.10. The molecule has 1 heterocycles. The Kier molecular flexibility index (Phi) is 4.18. The topological polar surface area (TPSA) is 47.1 Å². The lowest BCUT2D eigenvalue weighted by Crippen LogP contribution is -2.40. The Morgan fingerprint density at radius 3 is 2.71 bits per heavy atom. The predicted octanol–water partition coefficient (Wildman–Crippen LogP) is 1.39. The molecule has 0 aliphatic heterocycles. The van der Waals surface area contributed by atoms with Crippen LogP contribution in [0.3, 0.4) is 0 Å². The molecule has 2 rings (SSSR count). The Hall–Kier alpha value is -0.870. The van der Waals surface area contributed by atoms with Gasteiger partial charge in [0.2, 0.25) is 0 Å². The maximum atomic E-state index is 5.94. The first-order chi connectivity index (χ1) is 8.16. The quantitative estimate of drug-likeness (QED) is 0.859. The number of hydrogen-bond donors (Lipinski definition) is 1. The van der Waals surface area contributed by atoms with Gasteiger partial charge in [0.05, 0.1) is 0 Å². The fourth-order valence-electron chi connectivity index (χ4n) is 2.63. The monoisotopic (exact) mass is 236 g/mol. The second-order valence-electron chi connectivity index (χ2n) is 5.22. The number of imidazole rings is 1. The molecule has 0 radical (unpaired) electrons. The van der Waals surface area contributed by atoms with E-state index >= 15 is 0 Å². The summed E-state index contributed by atoms with van der Waals surface area (Å²) in [6, 6.07) is 1.16. The number of aromatic nitrogens is 2. The van der Waals surface area contributed by atoms with Gasteiger partial charge in [-0.3, -0.25) is 0 Å². The van der Waals surface area contributed by atoms with E-state index in [2.05, 4.69) is 34.6 Å². The standard InChI is InChI=1S/C13H24N4/c1-11-15-7-8-17(11)10-9-16(2)13-5-3-12(14)4-6-13/h7-8,12-13H,3-6,9-10,14H2,1-2H3. The first-order valence-corrected chi connectivity index (χ1v) is 6.60. The highest BCUT2D eigenvalue weighted by Gasteiger charge is 2.21. The van der Waals surface area contributed by atoms with Crippen LogP contribution in [-0.4, -0.2) is 40.1 Å². The van der Waals surface area contributed by atoms with Gasteiger partial charge in [0.1, 0.15) is 5.82 Å². The molecule has 1 aliphatic carbocycles. The van der Waals surface area contributed by atoms with Crippen molar-refractivity contribution in [2.75, 3.05) is 13.6 Å². The Labute approximate surface area is 104 Å². The minimum Gasteiger partial charge on any atom is -0.334 e. The largest absolute Gasteiger partial charge is 0.334 e. The van der Waals surface area contributed by atoms with Crippen LogP contribution in [0.25, 0.3) is 0 Å². The van der Waals surface area contributed by atoms with E-state index in [0.717, 1.165) is 25.0 Å². The van der Waals surface area contributed by atoms with Crippen molar-refractivity contribution >= 4 is 0 Å². The van der Waals surface area contributed by atoms with Crippen LogP contribution in [-0.2, 0) is 6.54 Å². The molecule has 0 amide bonds. The average molecular weight is 236 g/mol. The van der Waals surface area contributed by atoms with Gasteiger partial charge in [0, 0.05) is 37.6 Å². The molecule has 0 bridgehead atoms. The Balaban J connectivity index is 1.77. The normalized spacial score (nSPS) is 25.4. The van der Waals surface area contributed by atoms with E-state index in [4.69, 9.17) is 5.73 Å². The molecule has 2 N–H and O–H groups in total. The second-order valence-corrected chi connectivity index (χ2v) is 5.22. The third-order valence-electron chi connectivity index (χ3n) is 3.98. The van der Waals surface area contributed by atoms with E-state index in [1.807, 2.05) is 6.20 Å². The average Bonchev–Trinajstić information content (AvgIpc) is 2.73. The fraction of sp³-hybridized carbons (Fsp3) is 0.769. The summed E-state index contributed by atoms with van der Waals surface area (Å²) in [7, 11) is 2.23. The molecule has 4 heteroatoms. The number of nitrogens with zero attached hydrogens (tertiary/aromatic N) is 3. The third-order valence-corrected chi connectivity index (χ3v) is 3.98. The molecule has 1 fully saturated rings. The van der Waals surface area contributed by atoms with Crippen LogP contribution in [0.4, 0.5) is 0 Å². The summed E-state index contributed by atoms with van der Waals surface area (Å²) < 4.78 is 2.21. The third kappa shape index (κ3) is 3.30. The van der Waals surface area contributed by atoms with Crippen LogP contribution in [0.15, 0.2) is 12.4 Å². The van der Waals surface area contributed by atoms with E-state index in [9.17, 15) is 0 Å². The molecule has 0 aromatic carbocycles. The number of hydrogen-bond acceptors (Lipinski definition) is 3. The Morgan fingerprint density at radius 2 is 2.12 bits per heavy atom. The van der Waals surface area contributed by atoms with Gasteiger partial charge >= 0.3 is 0 Å². The van der Waals surface area contributed by atoms with Crippen molar-refractivity contribution in [3.05, 3.63) is 18.2 Å². The summed E-state index contributed by atoms with van der Waals surface area (Å²) in [6.45, 7) is 4.18. The van der Waals surface area contributed by atoms with Crippen LogP contribution in [0.1, 0.15) is 31.5 Å². The van der Waals surface area contributed by atoms with Crippen molar-refractivity contribution in [3.8, 4) is 0 Å². The van der Waals surface area contributed by atoms with Crippen molar-refractivity contribution in [2.24, 2.45) is 5.73 Å². The minimum atomic E-state index is 0.440. The van der Waals surface area contributed by atoms with Crippen LogP contribution in [0, 0.1) is 6.92 Å². The van der Waals surface area contributed by atoms with Crippen molar-refractivity contribution < 1.29 is 0 Å². The van der Waals surface area contributed by atoms with Gasteiger partial charge in [-0.2, -0.15) is 0 Å². The van der Waals surface area contributed by atoms with Gasteiger partial charge in [-0.25, -0.2) is 4.98 Å². The molecular formula is C13H24N4. The van der Waals surface area contributed by atoms with Crippen molar-refractivity contribution in [2.45, 2.75) is 51.2 Å². The number of aryl methyl sites for hydroxylation is 1. The number of rotatable bonds is 4. The SMILES string of the molecule is Cc1nccn1CCN(C)C1CCC(N)CC1. The first-order valence-electron chi connectivity index (χ1n) is 6.60. The van der Waals surface area contributed by atoms with Crippen LogP contribution < -0.4 is 5.73 Å². The zero-order valence-electron chi connectivity index (χ0n) is 11.0. The molecule has 17 heavy (non-hydrogen) atoms. The molecule has 0 atom stereocenters. The lowest BCUT2D eigenvalue weighted by atomic mass is 9.91. The Bertz CT molecular complexity index is 339. The van der Waals surface area contributed by atoms with Gasteiger partial charge in [0.15, 0.2) is 0 Å². The zero-order chi connectivity index (χ0) is 12.3. The summed E-state index contributed by atoms with van der Waals surface area (Å²) in [5.41, 5.74) is 5.94. The molecular weight excluding hydrogens is 212 g/mol. The first kappa shape index (κ1) is 12.6. The molecule has 1 aromatic rings. The molecule has 0 saturated heterocycles. The molecule has 0 unspecified atom stereocenters. The Morgan fingerprint density at radius 1 is 1.41 bits per heavy atom. The lowest BCUT2D eigenvalue weighted by Gasteiger charge is -2.33. The molecule has 4 nitrogen and oxygen atoms in total. The summed E-state index contributed by atoms with van der Waals surface area (Å²) >= 11 is 0. The molecule has 96 valence electrons. The smallest absolute Gasteiger partial charge is 0.105 e. The summed E-state index contributed by atoms with van der Waals surface area (Å²) in [5, 5.41) is 0. The lowest BCUT2D eigenvalue weighted by molar-refractivity contribution is 0.177. The molecule has 0 spiro atoms. The van der Waals surface area contributed by atoms with Gasteiger partial charge in [0.25, 0.3) is 0 Å². The van der Waals surface area contributed by atoms with Gasteiger partial charge in [-0.05, 0) is 39.7 Å². The van der Waals surface area contributed by atoms with Crippen LogP contribution >= 0.6 is 0 Å². The molecule has 1 aliphatic rings. The highest BCUT2D eigenvalue weighted by atomic mass is 15.2. The van der Waals surface area contributed by atoms with Crippen LogP contribution in [0.5, 0.6) is 0 Å². The van der Waals surface area contributed by atoms with Crippen molar-refractivity contribution in [3.63, 3.8) is 0 Å². The van der Waals surface area contributed by atoms with E-state index in [0.29, 0.717) is 6.04 Å². The van der Waals surface area contributed by atoms with Crippen LogP contribution in [0.2, 0.25) is 0 Å². The van der Waals surface area contributed by atoms with Crippen molar-refractivity contribution in [1.29, 1.82) is 0 Å². The van der Waals surface area contributed by atoms with Gasteiger partial charge in [-0.15, -0.1) is 0 Å². The fourth-order valence-corrected chi connectivity index (χ4v) is 2.63. The van der Waals surface area contributed by atoms with E-state index in [1.165, 1.54) is 25.7 Å². The van der Waals surface area contributed by atoms with Crippen molar-refractivity contribution in [1.82, 2.24) is 14.5 Å². The summed E-state index contributed by atoms with van der Waals surface area (Å²) in [4.78, 5) is 6.72. The van der Waals surface area contributed by atoms with Gasteiger partial charge < -0.3 is 15.2 Å². The number of likely N-dealkylation sites (N-methyl/N-ethyl adjacent to an activating group) is 1. The predicted molar refractivity (Wildman–Crippen MR) is 69.8 cm³/mol. The minimum absolute atomic E-state index is 0.440. The van der Waals surface area contributed by atoms with Gasteiger partial charge in [-0.1, -0.05) is 0 Å². The number of nitrogens with two attached hydrogens (primary N) is 1. The second kappa shape index (κ2) is 5.65. The molecule has 1 saturated carbocycles. The highest BCUT2D eigenvalue weighted by Crippen LogP contribution is 2.20. The van der Waals surface area contributed by atoms with E-state index < -0.39 is 0 Å². The van der Waals surface area contributed by atoms with E-state index in [-0.39, 0.29) is 0 Å². The zero-order valence-corrected chi connectivity index (χ0v) is 11.0. The van der Waals surface area contributed by atoms with E-state index in [1.54, 1.807) is 0 Å².